The zero-order valence-electron chi connectivity index (χ0n) is 11.2. The predicted molar refractivity (Wildman–Crippen MR) is 74.3 cm³/mol. The molecule has 1 aliphatic carbocycles. The third-order valence-corrected chi connectivity index (χ3v) is 4.83. The zero-order chi connectivity index (χ0) is 13.3. The molecule has 102 valence electrons. The minimum absolute atomic E-state index is 0.418. The lowest BCUT2D eigenvalue weighted by Gasteiger charge is -2.32. The molecule has 2 atom stereocenters. The zero-order valence-corrected chi connectivity index (χ0v) is 11.2. The molecule has 2 unspecified atom stereocenters. The van der Waals surface area contributed by atoms with Gasteiger partial charge in [0.2, 0.25) is 0 Å². The Balaban J connectivity index is 1.86. The topological polar surface area (TPSA) is 49.3 Å². The molecule has 0 saturated carbocycles. The van der Waals surface area contributed by atoms with Crippen LogP contribution in [0.5, 0.6) is 0 Å². The molecule has 3 heteroatoms. The smallest absolute Gasteiger partial charge is 0.311 e. The standard InChI is InChI=1S/C16H21NO2/c18-15(19)16(8-9-17-11-16)10-13-6-3-5-12-4-1-2-7-14(12)13/h1-2,4,7,13,17H,3,5-6,8-11H2,(H,18,19). The molecule has 1 fully saturated rings. The van der Waals surface area contributed by atoms with Crippen LogP contribution in [-0.4, -0.2) is 24.2 Å². The fourth-order valence-corrected chi connectivity index (χ4v) is 3.73. The van der Waals surface area contributed by atoms with Gasteiger partial charge in [-0.15, -0.1) is 0 Å². The van der Waals surface area contributed by atoms with Crippen LogP contribution in [0.25, 0.3) is 0 Å². The Labute approximate surface area is 114 Å². The summed E-state index contributed by atoms with van der Waals surface area (Å²) in [6.07, 6.45) is 5.01. The lowest BCUT2D eigenvalue weighted by atomic mass is 9.71. The highest BCUT2D eigenvalue weighted by atomic mass is 16.4. The van der Waals surface area contributed by atoms with Crippen LogP contribution in [0.15, 0.2) is 24.3 Å². The fraction of sp³-hybridized carbons (Fsp3) is 0.562. The molecular formula is C16H21NO2. The molecule has 19 heavy (non-hydrogen) atoms. The molecule has 0 amide bonds. The van der Waals surface area contributed by atoms with Crippen molar-refractivity contribution in [2.75, 3.05) is 13.1 Å². The minimum atomic E-state index is -0.624. The van der Waals surface area contributed by atoms with Gasteiger partial charge in [-0.05, 0) is 55.7 Å². The van der Waals surface area contributed by atoms with Gasteiger partial charge in [-0.25, -0.2) is 0 Å². The van der Waals surface area contributed by atoms with E-state index in [0.29, 0.717) is 12.5 Å². The number of carboxylic acids is 1. The summed E-state index contributed by atoms with van der Waals surface area (Å²) in [5.41, 5.74) is 2.27. The number of carboxylic acid groups (broad SMARTS) is 1. The van der Waals surface area contributed by atoms with E-state index in [1.165, 1.54) is 17.5 Å². The maximum absolute atomic E-state index is 11.7. The highest BCUT2D eigenvalue weighted by molar-refractivity contribution is 5.75. The molecule has 2 aliphatic rings. The van der Waals surface area contributed by atoms with Crippen molar-refractivity contribution < 1.29 is 9.90 Å². The summed E-state index contributed by atoms with van der Waals surface area (Å²) in [6, 6.07) is 8.56. The Morgan fingerprint density at radius 1 is 1.42 bits per heavy atom. The lowest BCUT2D eigenvalue weighted by molar-refractivity contribution is -0.148. The molecule has 3 rings (SSSR count). The normalized spacial score (nSPS) is 30.0. The molecule has 0 spiro atoms. The van der Waals surface area contributed by atoms with Crippen LogP contribution in [0.4, 0.5) is 0 Å². The van der Waals surface area contributed by atoms with Gasteiger partial charge in [0.25, 0.3) is 0 Å². The SMILES string of the molecule is O=C(O)C1(CC2CCCc3ccccc32)CCNC1. The summed E-state index contributed by atoms with van der Waals surface area (Å²) in [4.78, 5) is 11.7. The van der Waals surface area contributed by atoms with Crippen molar-refractivity contribution >= 4 is 5.97 Å². The van der Waals surface area contributed by atoms with Crippen molar-refractivity contribution in [2.45, 2.75) is 38.0 Å². The van der Waals surface area contributed by atoms with Crippen molar-refractivity contribution in [3.8, 4) is 0 Å². The fourth-order valence-electron chi connectivity index (χ4n) is 3.73. The van der Waals surface area contributed by atoms with Gasteiger partial charge in [-0.1, -0.05) is 24.3 Å². The van der Waals surface area contributed by atoms with E-state index in [-0.39, 0.29) is 0 Å². The van der Waals surface area contributed by atoms with Crippen LogP contribution in [-0.2, 0) is 11.2 Å². The van der Waals surface area contributed by atoms with E-state index in [1.807, 2.05) is 0 Å². The summed E-state index contributed by atoms with van der Waals surface area (Å²) in [5, 5.41) is 12.8. The molecule has 0 bridgehead atoms. The quantitative estimate of drug-likeness (QED) is 0.877. The number of hydrogen-bond acceptors (Lipinski definition) is 2. The number of fused-ring (bicyclic) bond motifs is 1. The molecule has 1 aromatic carbocycles. The Hall–Kier alpha value is -1.35. The Morgan fingerprint density at radius 2 is 2.26 bits per heavy atom. The number of aryl methyl sites for hydroxylation is 1. The maximum atomic E-state index is 11.7. The summed E-state index contributed by atoms with van der Waals surface area (Å²) >= 11 is 0. The van der Waals surface area contributed by atoms with Crippen molar-refractivity contribution in [2.24, 2.45) is 5.41 Å². The number of benzene rings is 1. The second-order valence-corrected chi connectivity index (χ2v) is 6.00. The Kier molecular flexibility index (Phi) is 3.31. The molecule has 0 radical (unpaired) electrons. The summed E-state index contributed by atoms with van der Waals surface area (Å²) in [5.74, 6) is -0.207. The van der Waals surface area contributed by atoms with E-state index < -0.39 is 11.4 Å². The van der Waals surface area contributed by atoms with Crippen LogP contribution >= 0.6 is 0 Å². The first-order valence-electron chi connectivity index (χ1n) is 7.23. The van der Waals surface area contributed by atoms with Crippen molar-refractivity contribution in [1.82, 2.24) is 5.32 Å². The van der Waals surface area contributed by atoms with Crippen LogP contribution in [0.3, 0.4) is 0 Å². The summed E-state index contributed by atoms with van der Waals surface area (Å²) in [6.45, 7) is 1.46. The largest absolute Gasteiger partial charge is 0.481 e. The predicted octanol–water partition coefficient (Wildman–Crippen LogP) is 2.56. The molecule has 3 nitrogen and oxygen atoms in total. The van der Waals surface area contributed by atoms with E-state index >= 15 is 0 Å². The van der Waals surface area contributed by atoms with E-state index in [4.69, 9.17) is 0 Å². The van der Waals surface area contributed by atoms with Gasteiger partial charge >= 0.3 is 5.97 Å². The molecule has 1 heterocycles. The van der Waals surface area contributed by atoms with Crippen molar-refractivity contribution in [3.63, 3.8) is 0 Å². The van der Waals surface area contributed by atoms with Gasteiger partial charge in [0.1, 0.15) is 0 Å². The molecule has 1 aromatic rings. The number of aliphatic carboxylic acids is 1. The first-order valence-corrected chi connectivity index (χ1v) is 7.23. The second-order valence-electron chi connectivity index (χ2n) is 6.00. The van der Waals surface area contributed by atoms with Crippen molar-refractivity contribution in [3.05, 3.63) is 35.4 Å². The molecule has 0 aromatic heterocycles. The molecular weight excluding hydrogens is 238 g/mol. The third kappa shape index (κ3) is 2.27. The number of hydrogen-bond donors (Lipinski definition) is 2. The van der Waals surface area contributed by atoms with Gasteiger partial charge in [0, 0.05) is 6.54 Å². The average molecular weight is 259 g/mol. The van der Waals surface area contributed by atoms with Gasteiger partial charge in [0.05, 0.1) is 5.41 Å². The molecule has 2 N–H and O–H groups in total. The molecule has 1 aliphatic heterocycles. The van der Waals surface area contributed by atoms with E-state index in [1.54, 1.807) is 0 Å². The second kappa shape index (κ2) is 4.97. The third-order valence-electron chi connectivity index (χ3n) is 4.83. The summed E-state index contributed by atoms with van der Waals surface area (Å²) < 4.78 is 0. The monoisotopic (exact) mass is 259 g/mol. The van der Waals surface area contributed by atoms with Crippen LogP contribution < -0.4 is 5.32 Å². The maximum Gasteiger partial charge on any atom is 0.311 e. The van der Waals surface area contributed by atoms with Gasteiger partial charge in [-0.2, -0.15) is 0 Å². The minimum Gasteiger partial charge on any atom is -0.481 e. The summed E-state index contributed by atoms with van der Waals surface area (Å²) in [7, 11) is 0. The Morgan fingerprint density at radius 3 is 3.00 bits per heavy atom. The number of carbonyl (C=O) groups is 1. The number of nitrogens with one attached hydrogen (secondary N) is 1. The first kappa shape index (κ1) is 12.7. The highest BCUT2D eigenvalue weighted by Gasteiger charge is 2.43. The Bertz CT molecular complexity index is 477. The van der Waals surface area contributed by atoms with Gasteiger partial charge in [-0.3, -0.25) is 4.79 Å². The first-order chi connectivity index (χ1) is 9.21. The van der Waals surface area contributed by atoms with Crippen molar-refractivity contribution in [1.29, 1.82) is 0 Å². The van der Waals surface area contributed by atoms with Crippen LogP contribution in [0, 0.1) is 5.41 Å². The molecule has 1 saturated heterocycles. The highest BCUT2D eigenvalue weighted by Crippen LogP contribution is 2.42. The van der Waals surface area contributed by atoms with Crippen LogP contribution in [0.2, 0.25) is 0 Å². The average Bonchev–Trinajstić information content (AvgIpc) is 2.89. The van der Waals surface area contributed by atoms with E-state index in [0.717, 1.165) is 32.2 Å². The van der Waals surface area contributed by atoms with Gasteiger partial charge in [0.15, 0.2) is 0 Å². The lowest BCUT2D eigenvalue weighted by Crippen LogP contribution is -2.35. The van der Waals surface area contributed by atoms with E-state index in [2.05, 4.69) is 29.6 Å². The van der Waals surface area contributed by atoms with Gasteiger partial charge < -0.3 is 10.4 Å². The van der Waals surface area contributed by atoms with Crippen LogP contribution in [0.1, 0.15) is 42.7 Å². The number of rotatable bonds is 3. The van der Waals surface area contributed by atoms with E-state index in [9.17, 15) is 9.90 Å².